The van der Waals surface area contributed by atoms with Crippen LogP contribution >= 0.6 is 0 Å². The van der Waals surface area contributed by atoms with Gasteiger partial charge in [0.15, 0.2) is 0 Å². The number of rotatable bonds is 1. The highest BCUT2D eigenvalue weighted by atomic mass is 16.4. The van der Waals surface area contributed by atoms with Gasteiger partial charge in [0.05, 0.1) is 5.92 Å². The Morgan fingerprint density at radius 2 is 1.91 bits per heavy atom. The van der Waals surface area contributed by atoms with Gasteiger partial charge in [0.2, 0.25) is 0 Å². The van der Waals surface area contributed by atoms with Crippen molar-refractivity contribution in [3.8, 4) is 0 Å². The minimum absolute atomic E-state index is 0.0116. The van der Waals surface area contributed by atoms with E-state index in [2.05, 4.69) is 6.92 Å². The molecule has 0 unspecified atom stereocenters. The first-order valence-corrected chi connectivity index (χ1v) is 4.34. The maximum absolute atomic E-state index is 10.5. The van der Waals surface area contributed by atoms with Gasteiger partial charge in [0.25, 0.3) is 0 Å². The van der Waals surface area contributed by atoms with Crippen molar-refractivity contribution in [3.05, 3.63) is 0 Å². The van der Waals surface area contributed by atoms with Crippen LogP contribution in [-0.4, -0.2) is 11.1 Å². The van der Waals surface area contributed by atoms with Gasteiger partial charge >= 0.3 is 5.97 Å². The van der Waals surface area contributed by atoms with Crippen LogP contribution in [0.3, 0.4) is 0 Å². The first kappa shape index (κ1) is 7.14. The number of aliphatic carboxylic acids is 1. The van der Waals surface area contributed by atoms with Crippen molar-refractivity contribution in [2.24, 2.45) is 17.3 Å². The highest BCUT2D eigenvalue weighted by Gasteiger charge is 2.53. The van der Waals surface area contributed by atoms with Crippen molar-refractivity contribution in [2.45, 2.75) is 32.6 Å². The minimum atomic E-state index is -0.588. The Kier molecular flexibility index (Phi) is 1.29. The lowest BCUT2D eigenvalue weighted by molar-refractivity contribution is -0.157. The van der Waals surface area contributed by atoms with Crippen LogP contribution in [0, 0.1) is 17.3 Å². The molecule has 0 radical (unpaired) electrons. The van der Waals surface area contributed by atoms with E-state index in [0.717, 1.165) is 18.8 Å². The first-order valence-electron chi connectivity index (χ1n) is 4.34. The molecular formula is C9H14O2. The number of hydrogen-bond acceptors (Lipinski definition) is 1. The summed E-state index contributed by atoms with van der Waals surface area (Å²) >= 11 is 0. The van der Waals surface area contributed by atoms with E-state index in [1.54, 1.807) is 0 Å². The van der Waals surface area contributed by atoms with Crippen LogP contribution in [0.2, 0.25) is 0 Å². The molecule has 0 aromatic carbocycles. The molecule has 0 aromatic rings. The van der Waals surface area contributed by atoms with Crippen LogP contribution in [0.15, 0.2) is 0 Å². The van der Waals surface area contributed by atoms with E-state index in [0.29, 0.717) is 5.41 Å². The van der Waals surface area contributed by atoms with Gasteiger partial charge < -0.3 is 5.11 Å². The summed E-state index contributed by atoms with van der Waals surface area (Å²) in [5, 5.41) is 8.65. The number of carbonyl (C=O) groups is 1. The molecule has 0 amide bonds. The maximum atomic E-state index is 10.5. The molecule has 2 heteroatoms. The lowest BCUT2D eigenvalue weighted by atomic mass is 9.48. The Bertz CT molecular complexity index is 184. The Morgan fingerprint density at radius 1 is 1.36 bits per heavy atom. The molecule has 11 heavy (non-hydrogen) atoms. The van der Waals surface area contributed by atoms with Gasteiger partial charge in [-0.1, -0.05) is 6.92 Å². The molecule has 0 aliphatic heterocycles. The fraction of sp³-hybridized carbons (Fsp3) is 0.889. The fourth-order valence-electron chi connectivity index (χ4n) is 2.91. The Labute approximate surface area is 66.6 Å². The van der Waals surface area contributed by atoms with E-state index in [9.17, 15) is 4.79 Å². The summed E-state index contributed by atoms with van der Waals surface area (Å²) < 4.78 is 0. The van der Waals surface area contributed by atoms with E-state index >= 15 is 0 Å². The summed E-state index contributed by atoms with van der Waals surface area (Å²) in [6.45, 7) is 2.25. The van der Waals surface area contributed by atoms with E-state index in [1.807, 2.05) is 0 Å². The molecule has 0 atom stereocenters. The Balaban J connectivity index is 1.84. The first-order chi connectivity index (χ1) is 5.11. The second kappa shape index (κ2) is 1.99. The Hall–Kier alpha value is -0.530. The second-order valence-electron chi connectivity index (χ2n) is 4.46. The zero-order valence-electron chi connectivity index (χ0n) is 6.84. The van der Waals surface area contributed by atoms with E-state index < -0.39 is 5.97 Å². The molecule has 0 bridgehead atoms. The van der Waals surface area contributed by atoms with Crippen molar-refractivity contribution in [3.63, 3.8) is 0 Å². The molecular weight excluding hydrogens is 140 g/mol. The average molecular weight is 154 g/mol. The second-order valence-corrected chi connectivity index (χ2v) is 4.46. The fourth-order valence-corrected chi connectivity index (χ4v) is 2.91. The average Bonchev–Trinajstić information content (AvgIpc) is 1.73. The molecule has 2 aliphatic rings. The zero-order valence-corrected chi connectivity index (χ0v) is 6.84. The standard InChI is InChI=1S/C9H14O2/c1-6-2-9(3-6)4-7(5-9)8(10)11/h6-7H,2-5H2,1H3,(H,10,11)/t6-,7-,9?. The third kappa shape index (κ3) is 0.959. The van der Waals surface area contributed by atoms with Crippen LogP contribution < -0.4 is 0 Å². The smallest absolute Gasteiger partial charge is 0.306 e. The molecule has 0 heterocycles. The summed E-state index contributed by atoms with van der Waals surface area (Å²) in [4.78, 5) is 10.5. The maximum Gasteiger partial charge on any atom is 0.306 e. The lowest BCUT2D eigenvalue weighted by Gasteiger charge is -2.56. The van der Waals surface area contributed by atoms with Crippen molar-refractivity contribution in [1.82, 2.24) is 0 Å². The monoisotopic (exact) mass is 154 g/mol. The number of carboxylic acid groups (broad SMARTS) is 1. The van der Waals surface area contributed by atoms with E-state index in [4.69, 9.17) is 5.11 Å². The molecule has 2 rings (SSSR count). The normalized spacial score (nSPS) is 48.1. The summed E-state index contributed by atoms with van der Waals surface area (Å²) in [7, 11) is 0. The SMILES string of the molecule is C[C@H]1CC2(C1)C[C@@H](C(=O)O)C2. The zero-order chi connectivity index (χ0) is 8.06. The van der Waals surface area contributed by atoms with Crippen molar-refractivity contribution < 1.29 is 9.90 Å². The predicted octanol–water partition coefficient (Wildman–Crippen LogP) is 1.90. The van der Waals surface area contributed by atoms with Crippen molar-refractivity contribution in [2.75, 3.05) is 0 Å². The molecule has 1 spiro atoms. The summed E-state index contributed by atoms with van der Waals surface area (Å²) in [5.41, 5.74) is 0.489. The van der Waals surface area contributed by atoms with Gasteiger partial charge in [-0.05, 0) is 37.0 Å². The summed E-state index contributed by atoms with van der Waals surface area (Å²) in [5.74, 6) is 0.252. The molecule has 62 valence electrons. The van der Waals surface area contributed by atoms with Crippen LogP contribution in [0.1, 0.15) is 32.6 Å². The topological polar surface area (TPSA) is 37.3 Å². The molecule has 2 saturated carbocycles. The van der Waals surface area contributed by atoms with Gasteiger partial charge in [-0.2, -0.15) is 0 Å². The van der Waals surface area contributed by atoms with Gasteiger partial charge in [-0.3, -0.25) is 4.79 Å². The molecule has 0 aromatic heterocycles. The van der Waals surface area contributed by atoms with Crippen molar-refractivity contribution in [1.29, 1.82) is 0 Å². The molecule has 2 aliphatic carbocycles. The molecule has 2 nitrogen and oxygen atoms in total. The van der Waals surface area contributed by atoms with Gasteiger partial charge in [0.1, 0.15) is 0 Å². The predicted molar refractivity (Wildman–Crippen MR) is 41.2 cm³/mol. The van der Waals surface area contributed by atoms with E-state index in [-0.39, 0.29) is 5.92 Å². The number of carboxylic acids is 1. The summed E-state index contributed by atoms with van der Waals surface area (Å²) in [6, 6.07) is 0. The van der Waals surface area contributed by atoms with Crippen LogP contribution in [0.5, 0.6) is 0 Å². The van der Waals surface area contributed by atoms with Gasteiger partial charge in [0, 0.05) is 0 Å². The van der Waals surface area contributed by atoms with Crippen LogP contribution in [0.25, 0.3) is 0 Å². The number of hydrogen-bond donors (Lipinski definition) is 1. The quantitative estimate of drug-likeness (QED) is 0.626. The highest BCUT2D eigenvalue weighted by molar-refractivity contribution is 5.71. The third-order valence-corrected chi connectivity index (χ3v) is 3.27. The molecule has 0 saturated heterocycles. The highest BCUT2D eigenvalue weighted by Crippen LogP contribution is 2.60. The van der Waals surface area contributed by atoms with Gasteiger partial charge in [-0.15, -0.1) is 0 Å². The van der Waals surface area contributed by atoms with Crippen molar-refractivity contribution >= 4 is 5.97 Å². The largest absolute Gasteiger partial charge is 0.481 e. The van der Waals surface area contributed by atoms with Crippen LogP contribution in [0.4, 0.5) is 0 Å². The third-order valence-electron chi connectivity index (χ3n) is 3.27. The van der Waals surface area contributed by atoms with Gasteiger partial charge in [-0.25, -0.2) is 0 Å². The summed E-state index contributed by atoms with van der Waals surface area (Å²) in [6.07, 6.45) is 4.45. The minimum Gasteiger partial charge on any atom is -0.481 e. The molecule has 1 N–H and O–H groups in total. The lowest BCUT2D eigenvalue weighted by Crippen LogP contribution is -2.49. The molecule has 2 fully saturated rings. The Morgan fingerprint density at radius 3 is 2.27 bits per heavy atom. The van der Waals surface area contributed by atoms with E-state index in [1.165, 1.54) is 12.8 Å². The van der Waals surface area contributed by atoms with Crippen LogP contribution in [-0.2, 0) is 4.79 Å².